The van der Waals surface area contributed by atoms with Crippen LogP contribution in [-0.4, -0.2) is 23.3 Å². The maximum atomic E-state index is 10.9. The van der Waals surface area contributed by atoms with Crippen LogP contribution in [0.2, 0.25) is 0 Å². The van der Waals surface area contributed by atoms with E-state index in [0.717, 1.165) is 11.0 Å². The lowest BCUT2D eigenvalue weighted by molar-refractivity contribution is -0.394. The van der Waals surface area contributed by atoms with Crippen LogP contribution in [0.1, 0.15) is 5.56 Å². The van der Waals surface area contributed by atoms with E-state index in [-0.39, 0.29) is 16.9 Å². The Morgan fingerprint density at radius 3 is 2.24 bits per heavy atom. The molecule has 0 saturated heterocycles. The van der Waals surface area contributed by atoms with Crippen molar-refractivity contribution in [3.05, 3.63) is 37.9 Å². The molecule has 0 aliphatic heterocycles. The smallest absolute Gasteiger partial charge is 0.302 e. The Labute approximate surface area is 95.8 Å². The zero-order valence-corrected chi connectivity index (χ0v) is 9.11. The second-order valence-electron chi connectivity index (χ2n) is 3.31. The number of carbonyl (C=O) groups is 1. The van der Waals surface area contributed by atoms with Gasteiger partial charge in [0.05, 0.1) is 9.85 Å². The third-order valence-electron chi connectivity index (χ3n) is 2.30. The van der Waals surface area contributed by atoms with Crippen LogP contribution < -0.4 is 4.90 Å². The zero-order valence-electron chi connectivity index (χ0n) is 9.11. The molecule has 0 aromatic heterocycles. The van der Waals surface area contributed by atoms with Gasteiger partial charge in [-0.05, 0) is 13.0 Å². The lowest BCUT2D eigenvalue weighted by Crippen LogP contribution is -2.16. The molecular weight excluding hydrogens is 230 g/mol. The highest BCUT2D eigenvalue weighted by Crippen LogP contribution is 2.35. The van der Waals surface area contributed by atoms with E-state index in [2.05, 4.69) is 0 Å². The molecule has 17 heavy (non-hydrogen) atoms. The van der Waals surface area contributed by atoms with Crippen LogP contribution in [0.4, 0.5) is 17.1 Å². The van der Waals surface area contributed by atoms with Crippen LogP contribution in [0.5, 0.6) is 0 Å². The average Bonchev–Trinajstić information content (AvgIpc) is 2.26. The quantitative estimate of drug-likeness (QED) is 0.448. The molecule has 1 rings (SSSR count). The Kier molecular flexibility index (Phi) is 3.37. The average molecular weight is 239 g/mol. The van der Waals surface area contributed by atoms with E-state index in [1.807, 2.05) is 0 Å². The first-order valence-electron chi connectivity index (χ1n) is 4.50. The van der Waals surface area contributed by atoms with Crippen molar-refractivity contribution in [2.24, 2.45) is 0 Å². The molecule has 1 aromatic rings. The summed E-state index contributed by atoms with van der Waals surface area (Å²) in [5, 5.41) is 21.5. The van der Waals surface area contributed by atoms with Gasteiger partial charge in [0.15, 0.2) is 0 Å². The number of benzene rings is 1. The Morgan fingerprint density at radius 1 is 1.24 bits per heavy atom. The highest BCUT2D eigenvalue weighted by atomic mass is 16.6. The molecular formula is C9H9N3O5. The van der Waals surface area contributed by atoms with Gasteiger partial charge in [0.2, 0.25) is 6.41 Å². The topological polar surface area (TPSA) is 107 Å². The summed E-state index contributed by atoms with van der Waals surface area (Å²) in [6.07, 6.45) is 0.396. The van der Waals surface area contributed by atoms with Crippen LogP contribution in [0.3, 0.4) is 0 Å². The van der Waals surface area contributed by atoms with Gasteiger partial charge in [-0.25, -0.2) is 0 Å². The third-order valence-corrected chi connectivity index (χ3v) is 2.30. The molecule has 0 spiro atoms. The highest BCUT2D eigenvalue weighted by Gasteiger charge is 2.27. The van der Waals surface area contributed by atoms with E-state index in [1.165, 1.54) is 20.0 Å². The van der Waals surface area contributed by atoms with Gasteiger partial charge in [0.1, 0.15) is 11.3 Å². The van der Waals surface area contributed by atoms with E-state index >= 15 is 0 Å². The normalized spacial score (nSPS) is 9.76. The number of hydrogen-bond donors (Lipinski definition) is 0. The van der Waals surface area contributed by atoms with E-state index < -0.39 is 15.5 Å². The fraction of sp³-hybridized carbons (Fsp3) is 0.222. The van der Waals surface area contributed by atoms with Gasteiger partial charge in [-0.2, -0.15) is 0 Å². The number of carbonyl (C=O) groups excluding carboxylic acids is 1. The minimum absolute atomic E-state index is 0.0214. The number of nitrogens with zero attached hydrogens (tertiary/aromatic N) is 3. The van der Waals surface area contributed by atoms with Crippen LogP contribution in [-0.2, 0) is 4.79 Å². The summed E-state index contributed by atoms with van der Waals surface area (Å²) in [7, 11) is 1.33. The van der Waals surface area contributed by atoms with Crippen LogP contribution in [0, 0.1) is 27.2 Å². The van der Waals surface area contributed by atoms with Crippen molar-refractivity contribution in [1.29, 1.82) is 0 Å². The van der Waals surface area contributed by atoms with Crippen molar-refractivity contribution in [3.63, 3.8) is 0 Å². The largest absolute Gasteiger partial charge is 0.312 e. The monoisotopic (exact) mass is 239 g/mol. The molecule has 0 fully saturated rings. The minimum Gasteiger partial charge on any atom is -0.312 e. The van der Waals surface area contributed by atoms with Gasteiger partial charge in [0.25, 0.3) is 5.69 Å². The maximum Gasteiger partial charge on any atom is 0.302 e. The lowest BCUT2D eigenvalue weighted by Gasteiger charge is -2.12. The summed E-state index contributed by atoms with van der Waals surface area (Å²) < 4.78 is 0. The van der Waals surface area contributed by atoms with Gasteiger partial charge in [-0.3, -0.25) is 25.0 Å². The third kappa shape index (κ3) is 2.19. The molecule has 1 amide bonds. The molecule has 0 atom stereocenters. The molecule has 0 saturated carbocycles. The van der Waals surface area contributed by atoms with Crippen molar-refractivity contribution in [2.75, 3.05) is 11.9 Å². The van der Waals surface area contributed by atoms with E-state index in [9.17, 15) is 25.0 Å². The van der Waals surface area contributed by atoms with Gasteiger partial charge in [-0.15, -0.1) is 0 Å². The summed E-state index contributed by atoms with van der Waals surface area (Å²) in [6, 6.07) is 2.31. The first-order chi connectivity index (χ1) is 7.90. The number of nitro benzene ring substituents is 2. The molecule has 0 aliphatic rings. The second kappa shape index (κ2) is 4.56. The van der Waals surface area contributed by atoms with E-state index in [0.29, 0.717) is 6.41 Å². The molecule has 0 unspecified atom stereocenters. The molecule has 0 bridgehead atoms. The SMILES string of the molecule is Cc1c([N+](=O)[O-])ccc(N(C)C=O)c1[N+](=O)[O-]. The van der Waals surface area contributed by atoms with Gasteiger partial charge in [-0.1, -0.05) is 0 Å². The number of amides is 1. The van der Waals surface area contributed by atoms with Crippen LogP contribution in [0.15, 0.2) is 12.1 Å². The Morgan fingerprint density at radius 2 is 1.82 bits per heavy atom. The van der Waals surface area contributed by atoms with E-state index in [4.69, 9.17) is 0 Å². The van der Waals surface area contributed by atoms with Crippen molar-refractivity contribution in [1.82, 2.24) is 0 Å². The fourth-order valence-electron chi connectivity index (χ4n) is 1.44. The Balaban J connectivity index is 3.55. The highest BCUT2D eigenvalue weighted by molar-refractivity contribution is 5.82. The summed E-state index contributed by atoms with van der Waals surface area (Å²) in [6.45, 7) is 1.28. The molecule has 0 N–H and O–H groups in total. The first kappa shape index (κ1) is 12.6. The number of nitro groups is 2. The summed E-state index contributed by atoms with van der Waals surface area (Å²) in [4.78, 5) is 31.7. The summed E-state index contributed by atoms with van der Waals surface area (Å²) >= 11 is 0. The van der Waals surface area contributed by atoms with Crippen molar-refractivity contribution in [3.8, 4) is 0 Å². The molecule has 0 radical (unpaired) electrons. The van der Waals surface area contributed by atoms with Crippen molar-refractivity contribution in [2.45, 2.75) is 6.92 Å². The van der Waals surface area contributed by atoms with Gasteiger partial charge < -0.3 is 4.90 Å². The summed E-state index contributed by atoms with van der Waals surface area (Å²) in [5.41, 5.74) is -0.840. The molecule has 8 heteroatoms. The van der Waals surface area contributed by atoms with Crippen molar-refractivity contribution < 1.29 is 14.6 Å². The molecule has 90 valence electrons. The standard InChI is InChI=1S/C9H9N3O5/c1-6-7(11(14)15)3-4-8(10(2)5-13)9(6)12(16)17/h3-5H,1-2H3. The lowest BCUT2D eigenvalue weighted by atomic mass is 10.1. The summed E-state index contributed by atoms with van der Waals surface area (Å²) in [5.74, 6) is 0. The second-order valence-corrected chi connectivity index (χ2v) is 3.31. The van der Waals surface area contributed by atoms with Gasteiger partial charge >= 0.3 is 5.69 Å². The zero-order chi connectivity index (χ0) is 13.2. The Bertz CT molecular complexity index is 500. The molecule has 1 aromatic carbocycles. The van der Waals surface area contributed by atoms with E-state index in [1.54, 1.807) is 0 Å². The maximum absolute atomic E-state index is 10.9. The van der Waals surface area contributed by atoms with Crippen LogP contribution >= 0.6 is 0 Å². The van der Waals surface area contributed by atoms with Gasteiger partial charge in [0, 0.05) is 13.1 Å². The molecule has 8 nitrogen and oxygen atoms in total. The number of hydrogen-bond acceptors (Lipinski definition) is 5. The first-order valence-corrected chi connectivity index (χ1v) is 4.50. The Hall–Kier alpha value is -2.51. The van der Waals surface area contributed by atoms with Crippen molar-refractivity contribution >= 4 is 23.5 Å². The fourth-order valence-corrected chi connectivity index (χ4v) is 1.44. The minimum atomic E-state index is -0.738. The predicted octanol–water partition coefficient (Wildman–Crippen LogP) is 1.40. The molecule has 0 aliphatic carbocycles. The molecule has 0 heterocycles. The van der Waals surface area contributed by atoms with Crippen LogP contribution in [0.25, 0.3) is 0 Å². The predicted molar refractivity (Wildman–Crippen MR) is 59.0 cm³/mol. The number of anilines is 1. The number of rotatable bonds is 4.